The zero-order chi connectivity index (χ0) is 28.5. The van der Waals surface area contributed by atoms with Gasteiger partial charge in [-0.1, -0.05) is 60.7 Å². The number of rotatable bonds is 9. The molecule has 2 unspecified atom stereocenters. The average Bonchev–Trinajstić information content (AvgIpc) is 2.81. The third-order valence-corrected chi connectivity index (χ3v) is 5.22. The van der Waals surface area contributed by atoms with Crippen LogP contribution < -0.4 is 10.6 Å². The van der Waals surface area contributed by atoms with E-state index < -0.39 is 47.2 Å². The van der Waals surface area contributed by atoms with Gasteiger partial charge < -0.3 is 25.0 Å². The van der Waals surface area contributed by atoms with Gasteiger partial charge in [0.1, 0.15) is 29.8 Å². The molecule has 206 valence electrons. The first kappa shape index (κ1) is 30.3. The monoisotopic (exact) mass is 525 g/mol. The molecule has 2 N–H and O–H groups in total. The maximum absolute atomic E-state index is 13.7. The molecule has 0 saturated carbocycles. The molecule has 2 aromatic carbocycles. The molecule has 38 heavy (non-hydrogen) atoms. The van der Waals surface area contributed by atoms with E-state index in [9.17, 15) is 19.2 Å². The standard InChI is InChI=1S/C29H39N3O6/c1-28(2,3)37-26(35)22(18-20-14-10-8-11-15-20)31-25(34)24(21-16-12-9-13-17-21)32(7)23(33)19-30-27(36)38-29(4,5)6/h8-17,22,24H,18-19H2,1-7H3,(H,30,36)(H,31,34). The number of carbonyl (C=O) groups excluding carboxylic acids is 4. The van der Waals surface area contributed by atoms with Crippen LogP contribution in [0.15, 0.2) is 60.7 Å². The molecule has 0 saturated heterocycles. The van der Waals surface area contributed by atoms with Crippen molar-refractivity contribution >= 4 is 23.9 Å². The van der Waals surface area contributed by atoms with Gasteiger partial charge in [-0.3, -0.25) is 9.59 Å². The van der Waals surface area contributed by atoms with E-state index in [1.165, 1.54) is 11.9 Å². The van der Waals surface area contributed by atoms with Crippen molar-refractivity contribution in [3.05, 3.63) is 71.8 Å². The Morgan fingerprint density at radius 1 is 0.816 bits per heavy atom. The van der Waals surface area contributed by atoms with Crippen molar-refractivity contribution in [1.82, 2.24) is 15.5 Å². The predicted molar refractivity (Wildman–Crippen MR) is 144 cm³/mol. The lowest BCUT2D eigenvalue weighted by atomic mass is 10.0. The lowest BCUT2D eigenvalue weighted by Crippen LogP contribution is -2.51. The molecule has 9 heteroatoms. The van der Waals surface area contributed by atoms with Gasteiger partial charge in [-0.25, -0.2) is 9.59 Å². The van der Waals surface area contributed by atoms with Crippen molar-refractivity contribution in [2.75, 3.05) is 13.6 Å². The summed E-state index contributed by atoms with van der Waals surface area (Å²) < 4.78 is 10.8. The van der Waals surface area contributed by atoms with Crippen molar-refractivity contribution in [2.24, 2.45) is 0 Å². The van der Waals surface area contributed by atoms with E-state index in [0.717, 1.165) is 5.56 Å². The van der Waals surface area contributed by atoms with E-state index in [0.29, 0.717) is 5.56 Å². The molecule has 0 aliphatic heterocycles. The highest BCUT2D eigenvalue weighted by Crippen LogP contribution is 2.21. The molecule has 0 aliphatic carbocycles. The lowest BCUT2D eigenvalue weighted by Gasteiger charge is -2.30. The molecule has 0 heterocycles. The molecular weight excluding hydrogens is 486 g/mol. The number of likely N-dealkylation sites (N-methyl/N-ethyl adjacent to an activating group) is 1. The van der Waals surface area contributed by atoms with Crippen molar-refractivity contribution < 1.29 is 28.7 Å². The summed E-state index contributed by atoms with van der Waals surface area (Å²) in [5, 5.41) is 5.22. The van der Waals surface area contributed by atoms with E-state index in [-0.39, 0.29) is 13.0 Å². The fourth-order valence-electron chi connectivity index (χ4n) is 3.58. The Labute approximate surface area is 224 Å². The highest BCUT2D eigenvalue weighted by Gasteiger charge is 2.33. The zero-order valence-corrected chi connectivity index (χ0v) is 23.2. The molecular formula is C29H39N3O6. The van der Waals surface area contributed by atoms with Gasteiger partial charge in [-0.15, -0.1) is 0 Å². The van der Waals surface area contributed by atoms with Crippen molar-refractivity contribution in [3.63, 3.8) is 0 Å². The minimum Gasteiger partial charge on any atom is -0.458 e. The summed E-state index contributed by atoms with van der Waals surface area (Å²) in [7, 11) is 1.47. The predicted octanol–water partition coefficient (Wildman–Crippen LogP) is 3.78. The zero-order valence-electron chi connectivity index (χ0n) is 23.2. The summed E-state index contributed by atoms with van der Waals surface area (Å²) in [6.07, 6.45) is -0.534. The molecule has 2 atom stereocenters. The number of hydrogen-bond acceptors (Lipinski definition) is 6. The second-order valence-corrected chi connectivity index (χ2v) is 11.0. The van der Waals surface area contributed by atoms with Crippen LogP contribution in [0.2, 0.25) is 0 Å². The number of alkyl carbamates (subject to hydrolysis) is 1. The molecule has 2 rings (SSSR count). The quantitative estimate of drug-likeness (QED) is 0.482. The molecule has 0 fully saturated rings. The summed E-state index contributed by atoms with van der Waals surface area (Å²) in [5.41, 5.74) is -0.0944. The van der Waals surface area contributed by atoms with Crippen LogP contribution in [0.25, 0.3) is 0 Å². The van der Waals surface area contributed by atoms with E-state index in [1.807, 2.05) is 30.3 Å². The smallest absolute Gasteiger partial charge is 0.408 e. The van der Waals surface area contributed by atoms with Crippen LogP contribution >= 0.6 is 0 Å². The number of hydrogen-bond donors (Lipinski definition) is 2. The molecule has 0 aliphatic rings. The van der Waals surface area contributed by atoms with Gasteiger partial charge in [0, 0.05) is 13.5 Å². The lowest BCUT2D eigenvalue weighted by molar-refractivity contribution is -0.159. The first-order valence-electron chi connectivity index (χ1n) is 12.5. The number of esters is 1. The molecule has 0 bridgehead atoms. The normalized spacial score (nSPS) is 13.0. The van der Waals surface area contributed by atoms with Crippen molar-refractivity contribution in [2.45, 2.75) is 71.2 Å². The summed E-state index contributed by atoms with van der Waals surface area (Å²) in [6, 6.07) is 16.0. The number of carbonyl (C=O) groups is 4. The van der Waals surface area contributed by atoms with Crippen LogP contribution in [0.5, 0.6) is 0 Å². The highest BCUT2D eigenvalue weighted by atomic mass is 16.6. The van der Waals surface area contributed by atoms with Crippen LogP contribution in [-0.2, 0) is 30.3 Å². The number of nitrogens with zero attached hydrogens (tertiary/aromatic N) is 1. The van der Waals surface area contributed by atoms with Crippen molar-refractivity contribution in [1.29, 1.82) is 0 Å². The van der Waals surface area contributed by atoms with E-state index >= 15 is 0 Å². The second-order valence-electron chi connectivity index (χ2n) is 11.0. The molecule has 9 nitrogen and oxygen atoms in total. The first-order chi connectivity index (χ1) is 17.7. The third-order valence-electron chi connectivity index (χ3n) is 5.22. The van der Waals surface area contributed by atoms with Gasteiger partial charge in [0.2, 0.25) is 11.8 Å². The molecule has 3 amide bonds. The topological polar surface area (TPSA) is 114 Å². The molecule has 0 radical (unpaired) electrons. The van der Waals surface area contributed by atoms with E-state index in [2.05, 4.69) is 10.6 Å². The van der Waals surface area contributed by atoms with E-state index in [4.69, 9.17) is 9.47 Å². The Morgan fingerprint density at radius 2 is 1.34 bits per heavy atom. The number of ether oxygens (including phenoxy) is 2. The average molecular weight is 526 g/mol. The number of nitrogens with one attached hydrogen (secondary N) is 2. The summed E-state index contributed by atoms with van der Waals surface area (Å²) in [6.45, 7) is 10.0. The number of amides is 3. The van der Waals surface area contributed by atoms with Gasteiger partial charge in [0.05, 0.1) is 0 Å². The maximum Gasteiger partial charge on any atom is 0.408 e. The van der Waals surface area contributed by atoms with Gasteiger partial charge in [0.25, 0.3) is 0 Å². The Balaban J connectivity index is 2.27. The van der Waals surface area contributed by atoms with Crippen LogP contribution in [0.4, 0.5) is 4.79 Å². The summed E-state index contributed by atoms with van der Waals surface area (Å²) in [5.74, 6) is -1.66. The fraction of sp³-hybridized carbons (Fsp3) is 0.448. The van der Waals surface area contributed by atoms with Gasteiger partial charge in [-0.05, 0) is 52.7 Å². The summed E-state index contributed by atoms with van der Waals surface area (Å²) in [4.78, 5) is 53.0. The molecule has 0 aromatic heterocycles. The maximum atomic E-state index is 13.7. The highest BCUT2D eigenvalue weighted by molar-refractivity contribution is 5.92. The fourth-order valence-corrected chi connectivity index (χ4v) is 3.58. The Morgan fingerprint density at radius 3 is 1.87 bits per heavy atom. The Hall–Kier alpha value is -3.88. The Kier molecular flexibility index (Phi) is 10.4. The summed E-state index contributed by atoms with van der Waals surface area (Å²) >= 11 is 0. The largest absolute Gasteiger partial charge is 0.458 e. The Bertz CT molecular complexity index is 1090. The van der Waals surface area contributed by atoms with Crippen LogP contribution in [0.3, 0.4) is 0 Å². The first-order valence-corrected chi connectivity index (χ1v) is 12.5. The van der Waals surface area contributed by atoms with Crippen LogP contribution in [0, 0.1) is 0 Å². The van der Waals surface area contributed by atoms with Gasteiger partial charge in [0.15, 0.2) is 0 Å². The second kappa shape index (κ2) is 13.1. The minimum atomic E-state index is -1.06. The van der Waals surface area contributed by atoms with Crippen molar-refractivity contribution in [3.8, 4) is 0 Å². The van der Waals surface area contributed by atoms with Crippen LogP contribution in [0.1, 0.15) is 58.7 Å². The van der Waals surface area contributed by atoms with Gasteiger partial charge in [-0.2, -0.15) is 0 Å². The third kappa shape index (κ3) is 10.2. The molecule has 2 aromatic rings. The molecule has 0 spiro atoms. The van der Waals surface area contributed by atoms with Gasteiger partial charge >= 0.3 is 12.1 Å². The number of benzene rings is 2. The SMILES string of the molecule is CN(C(=O)CNC(=O)OC(C)(C)C)C(C(=O)NC(Cc1ccccc1)C(=O)OC(C)(C)C)c1ccccc1. The minimum absolute atomic E-state index is 0.209. The van der Waals surface area contributed by atoms with Crippen LogP contribution in [-0.4, -0.2) is 59.6 Å². The van der Waals surface area contributed by atoms with E-state index in [1.54, 1.807) is 71.9 Å².